The van der Waals surface area contributed by atoms with E-state index in [2.05, 4.69) is 0 Å². The highest BCUT2D eigenvalue weighted by Gasteiger charge is 2.29. The van der Waals surface area contributed by atoms with Crippen LogP contribution >= 0.6 is 16.2 Å². The molecular weight excluding hydrogens is 380 g/mol. The van der Waals surface area contributed by atoms with Crippen LogP contribution in [0.1, 0.15) is 43.4 Å². The summed E-state index contributed by atoms with van der Waals surface area (Å²) in [5.41, 5.74) is 1.64. The van der Waals surface area contributed by atoms with E-state index in [4.69, 9.17) is 24.5 Å². The Labute approximate surface area is 154 Å². The van der Waals surface area contributed by atoms with E-state index in [1.807, 2.05) is 20.8 Å². The van der Waals surface area contributed by atoms with Crippen molar-refractivity contribution < 1.29 is 33.4 Å². The number of ether oxygens (including phenoxy) is 1. The molecule has 0 unspecified atom stereocenters. The molecule has 0 aromatic heterocycles. The van der Waals surface area contributed by atoms with Crippen LogP contribution < -0.4 is 9.26 Å². The van der Waals surface area contributed by atoms with Gasteiger partial charge in [-0.05, 0) is 55.5 Å². The second-order valence-corrected chi connectivity index (χ2v) is 9.21. The SMILES string of the molecule is Cc1cc(OP(O)O)c(C(C)(C)CC=N)c(C)c1OCCCP(=O)(O)O. The zero-order chi connectivity index (χ0) is 20.1. The zero-order valence-electron chi connectivity index (χ0n) is 15.4. The van der Waals surface area contributed by atoms with Crippen LogP contribution in [0.25, 0.3) is 0 Å². The summed E-state index contributed by atoms with van der Waals surface area (Å²) in [7, 11) is -6.65. The zero-order valence-corrected chi connectivity index (χ0v) is 17.2. The molecule has 8 nitrogen and oxygen atoms in total. The first-order chi connectivity index (χ1) is 11.9. The summed E-state index contributed by atoms with van der Waals surface area (Å²) in [5.74, 6) is 0.891. The monoisotopic (exact) mass is 407 g/mol. The Morgan fingerprint density at radius 3 is 2.42 bits per heavy atom. The van der Waals surface area contributed by atoms with Gasteiger partial charge in [0.25, 0.3) is 0 Å². The standard InChI is InChI=1S/C16H27NO7P2/c1-11-10-13(24-25(18)19)14(16(3,4)6-7-17)12(2)15(11)23-8-5-9-26(20,21)22/h7,10,17-19H,5-6,8-9H2,1-4H3,(H2,20,21,22). The fraction of sp³-hybridized carbons (Fsp3) is 0.562. The molecule has 0 atom stereocenters. The lowest BCUT2D eigenvalue weighted by atomic mass is 9.78. The third-order valence-corrected chi connectivity index (χ3v) is 5.24. The largest absolute Gasteiger partial charge is 0.493 e. The Balaban J connectivity index is 3.24. The fourth-order valence-electron chi connectivity index (χ4n) is 2.95. The first kappa shape index (κ1) is 23.0. The third kappa shape index (κ3) is 6.62. The average Bonchev–Trinajstić information content (AvgIpc) is 2.43. The summed E-state index contributed by atoms with van der Waals surface area (Å²) in [5, 5.41) is 7.41. The molecule has 0 fully saturated rings. The highest BCUT2D eigenvalue weighted by molar-refractivity contribution is 7.51. The van der Waals surface area contributed by atoms with Gasteiger partial charge in [0, 0.05) is 5.56 Å². The maximum atomic E-state index is 10.9. The Bertz CT molecular complexity index is 686. The van der Waals surface area contributed by atoms with Gasteiger partial charge in [-0.3, -0.25) is 4.57 Å². The van der Waals surface area contributed by atoms with Crippen LogP contribution in [0, 0.1) is 19.3 Å². The van der Waals surface area contributed by atoms with E-state index in [0.29, 0.717) is 29.0 Å². The van der Waals surface area contributed by atoms with Crippen LogP contribution in [-0.4, -0.2) is 38.6 Å². The van der Waals surface area contributed by atoms with Crippen molar-refractivity contribution in [1.29, 1.82) is 5.41 Å². The summed E-state index contributed by atoms with van der Waals surface area (Å²) in [6.07, 6.45) is 1.65. The minimum absolute atomic E-state index is 0.143. The van der Waals surface area contributed by atoms with Crippen molar-refractivity contribution in [3.05, 3.63) is 22.8 Å². The minimum Gasteiger partial charge on any atom is -0.493 e. The summed E-state index contributed by atoms with van der Waals surface area (Å²) in [4.78, 5) is 36.4. The number of rotatable bonds is 10. The molecule has 0 aliphatic rings. The summed E-state index contributed by atoms with van der Waals surface area (Å²) in [6.45, 7) is 7.57. The minimum atomic E-state index is -4.06. The molecule has 1 aromatic rings. The van der Waals surface area contributed by atoms with Crippen molar-refractivity contribution in [3.8, 4) is 11.5 Å². The van der Waals surface area contributed by atoms with Gasteiger partial charge in [0.2, 0.25) is 0 Å². The number of nitrogens with one attached hydrogen (secondary N) is 1. The lowest BCUT2D eigenvalue weighted by Crippen LogP contribution is -2.21. The number of aryl methyl sites for hydroxylation is 1. The molecule has 26 heavy (non-hydrogen) atoms. The predicted octanol–water partition coefficient (Wildman–Crippen LogP) is 3.16. The first-order valence-electron chi connectivity index (χ1n) is 8.06. The molecule has 10 heteroatoms. The van der Waals surface area contributed by atoms with Crippen LogP contribution in [0.2, 0.25) is 0 Å². The molecule has 0 heterocycles. The lowest BCUT2D eigenvalue weighted by molar-refractivity contribution is 0.303. The van der Waals surface area contributed by atoms with Crippen molar-refractivity contribution >= 4 is 22.4 Å². The smallest absolute Gasteiger partial charge is 0.391 e. The van der Waals surface area contributed by atoms with E-state index in [1.54, 1.807) is 13.0 Å². The molecule has 148 valence electrons. The molecule has 1 aromatic carbocycles. The Hall–Kier alpha value is -1.01. The molecule has 0 radical (unpaired) electrons. The molecule has 5 N–H and O–H groups in total. The molecule has 0 aliphatic carbocycles. The van der Waals surface area contributed by atoms with Crippen molar-refractivity contribution in [3.63, 3.8) is 0 Å². The normalized spacial score (nSPS) is 12.3. The molecule has 0 bridgehead atoms. The molecule has 0 amide bonds. The van der Waals surface area contributed by atoms with Gasteiger partial charge in [-0.2, -0.15) is 0 Å². The van der Waals surface area contributed by atoms with Gasteiger partial charge < -0.3 is 34.2 Å². The van der Waals surface area contributed by atoms with Crippen molar-refractivity contribution in [1.82, 2.24) is 0 Å². The number of hydrogen-bond donors (Lipinski definition) is 5. The highest BCUT2D eigenvalue weighted by Crippen LogP contribution is 2.45. The highest BCUT2D eigenvalue weighted by atomic mass is 31.2. The van der Waals surface area contributed by atoms with E-state index < -0.39 is 21.6 Å². The van der Waals surface area contributed by atoms with Crippen LogP contribution in [-0.2, 0) is 9.98 Å². The third-order valence-electron chi connectivity index (χ3n) is 3.98. The molecular formula is C16H27NO7P2. The molecule has 0 saturated heterocycles. The van der Waals surface area contributed by atoms with Crippen LogP contribution in [0.4, 0.5) is 0 Å². The van der Waals surface area contributed by atoms with Crippen molar-refractivity contribution in [2.75, 3.05) is 12.8 Å². The predicted molar refractivity (Wildman–Crippen MR) is 101 cm³/mol. The fourth-order valence-corrected chi connectivity index (χ4v) is 3.81. The summed E-state index contributed by atoms with van der Waals surface area (Å²) < 4.78 is 21.9. The Kier molecular flexibility index (Phi) is 8.21. The van der Waals surface area contributed by atoms with Gasteiger partial charge in [-0.25, -0.2) is 0 Å². The van der Waals surface area contributed by atoms with E-state index >= 15 is 0 Å². The second-order valence-electron chi connectivity index (χ2n) is 6.75. The first-order valence-corrected chi connectivity index (χ1v) is 11.0. The molecule has 0 aliphatic heterocycles. The maximum Gasteiger partial charge on any atom is 0.391 e. The van der Waals surface area contributed by atoms with Gasteiger partial charge >= 0.3 is 16.2 Å². The van der Waals surface area contributed by atoms with E-state index in [1.165, 1.54) is 6.21 Å². The number of hydrogen-bond acceptors (Lipinski definition) is 6. The topological polar surface area (TPSA) is 140 Å². The van der Waals surface area contributed by atoms with Crippen LogP contribution in [0.5, 0.6) is 11.5 Å². The van der Waals surface area contributed by atoms with E-state index in [-0.39, 0.29) is 19.2 Å². The molecule has 1 rings (SSSR count). The van der Waals surface area contributed by atoms with E-state index in [9.17, 15) is 14.4 Å². The van der Waals surface area contributed by atoms with Crippen molar-refractivity contribution in [2.45, 2.75) is 46.0 Å². The van der Waals surface area contributed by atoms with Crippen LogP contribution in [0.3, 0.4) is 0 Å². The Morgan fingerprint density at radius 1 is 1.31 bits per heavy atom. The number of benzene rings is 1. The van der Waals surface area contributed by atoms with Gasteiger partial charge in [0.15, 0.2) is 0 Å². The quantitative estimate of drug-likeness (QED) is 0.228. The average molecular weight is 407 g/mol. The maximum absolute atomic E-state index is 10.9. The molecule has 0 spiro atoms. The molecule has 0 saturated carbocycles. The van der Waals surface area contributed by atoms with Gasteiger partial charge in [-0.15, -0.1) is 0 Å². The van der Waals surface area contributed by atoms with E-state index in [0.717, 1.165) is 5.56 Å². The summed E-state index contributed by atoms with van der Waals surface area (Å²) in [6, 6.07) is 1.65. The van der Waals surface area contributed by atoms with Gasteiger partial charge in [-0.1, -0.05) is 13.8 Å². The van der Waals surface area contributed by atoms with Crippen LogP contribution in [0.15, 0.2) is 6.07 Å². The lowest BCUT2D eigenvalue weighted by Gasteiger charge is -2.30. The summed E-state index contributed by atoms with van der Waals surface area (Å²) >= 11 is 0. The second kappa shape index (κ2) is 9.27. The van der Waals surface area contributed by atoms with Crippen molar-refractivity contribution in [2.24, 2.45) is 0 Å². The van der Waals surface area contributed by atoms with Gasteiger partial charge in [0.05, 0.1) is 12.8 Å². The Morgan fingerprint density at radius 2 is 1.92 bits per heavy atom. The van der Waals surface area contributed by atoms with Gasteiger partial charge in [0.1, 0.15) is 11.5 Å².